The maximum absolute atomic E-state index is 5.61. The summed E-state index contributed by atoms with van der Waals surface area (Å²) in [6.07, 6.45) is 7.74. The zero-order valence-corrected chi connectivity index (χ0v) is 15.6. The van der Waals surface area contributed by atoms with Crippen molar-refractivity contribution in [1.82, 2.24) is 5.32 Å². The van der Waals surface area contributed by atoms with Gasteiger partial charge < -0.3 is 10.1 Å². The predicted molar refractivity (Wildman–Crippen MR) is 92.7 cm³/mol. The largest absolute Gasteiger partial charge is 0.379 e. The van der Waals surface area contributed by atoms with Crippen molar-refractivity contribution >= 4 is 0 Å². The minimum Gasteiger partial charge on any atom is -0.379 e. The highest BCUT2D eigenvalue weighted by Crippen LogP contribution is 2.44. The lowest BCUT2D eigenvalue weighted by Crippen LogP contribution is -2.47. The maximum Gasteiger partial charge on any atom is 0.0623 e. The molecule has 1 aliphatic carbocycles. The van der Waals surface area contributed by atoms with E-state index in [0.717, 1.165) is 24.8 Å². The third-order valence-electron chi connectivity index (χ3n) is 5.70. The summed E-state index contributed by atoms with van der Waals surface area (Å²) in [6.45, 7) is 15.2. The second-order valence-corrected chi connectivity index (χ2v) is 8.54. The summed E-state index contributed by atoms with van der Waals surface area (Å²) in [4.78, 5) is 0. The molecule has 2 nitrogen and oxygen atoms in total. The Balaban J connectivity index is 2.68. The van der Waals surface area contributed by atoms with Crippen molar-refractivity contribution in [1.29, 1.82) is 0 Å². The maximum atomic E-state index is 5.61. The van der Waals surface area contributed by atoms with Gasteiger partial charge in [0.1, 0.15) is 0 Å². The molecule has 1 fully saturated rings. The predicted octanol–water partition coefficient (Wildman–Crippen LogP) is 5.02. The molecule has 21 heavy (non-hydrogen) atoms. The molecule has 0 bridgehead atoms. The molecule has 0 amide bonds. The van der Waals surface area contributed by atoms with Crippen LogP contribution < -0.4 is 5.32 Å². The lowest BCUT2D eigenvalue weighted by atomic mass is 9.64. The molecule has 0 saturated heterocycles. The van der Waals surface area contributed by atoms with Crippen LogP contribution in [0, 0.1) is 17.3 Å². The van der Waals surface area contributed by atoms with Gasteiger partial charge in [-0.3, -0.25) is 0 Å². The number of rotatable bonds is 8. The fourth-order valence-corrected chi connectivity index (χ4v) is 3.78. The van der Waals surface area contributed by atoms with Crippen molar-refractivity contribution < 1.29 is 4.74 Å². The van der Waals surface area contributed by atoms with E-state index in [1.165, 1.54) is 32.1 Å². The summed E-state index contributed by atoms with van der Waals surface area (Å²) in [7, 11) is 1.83. The summed E-state index contributed by atoms with van der Waals surface area (Å²) in [6, 6.07) is 0.703. The summed E-state index contributed by atoms with van der Waals surface area (Å²) in [5, 5.41) is 3.84. The quantitative estimate of drug-likeness (QED) is 0.679. The monoisotopic (exact) mass is 297 g/mol. The topological polar surface area (TPSA) is 21.3 Å². The van der Waals surface area contributed by atoms with Crippen molar-refractivity contribution in [2.24, 2.45) is 17.3 Å². The smallest absolute Gasteiger partial charge is 0.0623 e. The fraction of sp³-hybridized carbons (Fsp3) is 1.00. The number of methoxy groups -OCH3 is 1. The lowest BCUT2D eigenvalue weighted by molar-refractivity contribution is -0.00605. The van der Waals surface area contributed by atoms with Crippen LogP contribution in [0.2, 0.25) is 0 Å². The number of ether oxygens (including phenoxy) is 1. The second kappa shape index (κ2) is 7.97. The SMILES string of the molecule is CCCNC1CC(C)CCC1C(C)(C)CCC(C)(C)OC. The highest BCUT2D eigenvalue weighted by atomic mass is 16.5. The van der Waals surface area contributed by atoms with Gasteiger partial charge in [0.05, 0.1) is 5.60 Å². The highest BCUT2D eigenvalue weighted by Gasteiger charge is 2.39. The third kappa shape index (κ3) is 5.90. The molecule has 2 heteroatoms. The molecule has 0 aromatic rings. The minimum atomic E-state index is 0.00553. The van der Waals surface area contributed by atoms with Gasteiger partial charge in [0.15, 0.2) is 0 Å². The molecule has 0 radical (unpaired) electrons. The number of hydrogen-bond donors (Lipinski definition) is 1. The van der Waals surface area contributed by atoms with E-state index in [4.69, 9.17) is 4.74 Å². The molecular weight excluding hydrogens is 258 g/mol. The molecule has 1 aliphatic rings. The van der Waals surface area contributed by atoms with Gasteiger partial charge in [0.2, 0.25) is 0 Å². The first-order valence-electron chi connectivity index (χ1n) is 9.00. The Hall–Kier alpha value is -0.0800. The van der Waals surface area contributed by atoms with Crippen molar-refractivity contribution in [3.05, 3.63) is 0 Å². The number of nitrogens with one attached hydrogen (secondary N) is 1. The molecule has 3 atom stereocenters. The zero-order valence-electron chi connectivity index (χ0n) is 15.6. The van der Waals surface area contributed by atoms with Crippen LogP contribution in [0.3, 0.4) is 0 Å². The van der Waals surface area contributed by atoms with Crippen molar-refractivity contribution in [2.75, 3.05) is 13.7 Å². The van der Waals surface area contributed by atoms with E-state index < -0.39 is 0 Å². The standard InChI is InChI=1S/C19H39NO/c1-8-13-20-17-14-15(2)9-10-16(17)18(3,4)11-12-19(5,6)21-7/h15-17,20H,8-14H2,1-7H3. The van der Waals surface area contributed by atoms with Gasteiger partial charge in [0, 0.05) is 13.2 Å². The first kappa shape index (κ1) is 19.0. The van der Waals surface area contributed by atoms with Gasteiger partial charge in [-0.05, 0) is 69.7 Å². The summed E-state index contributed by atoms with van der Waals surface area (Å²) < 4.78 is 5.61. The molecule has 3 unspecified atom stereocenters. The Morgan fingerprint density at radius 2 is 1.76 bits per heavy atom. The first-order valence-corrected chi connectivity index (χ1v) is 9.00. The van der Waals surface area contributed by atoms with E-state index >= 15 is 0 Å². The van der Waals surface area contributed by atoms with Gasteiger partial charge in [0.25, 0.3) is 0 Å². The van der Waals surface area contributed by atoms with Crippen LogP contribution in [0.1, 0.15) is 80.1 Å². The first-order chi connectivity index (χ1) is 9.72. The fourth-order valence-electron chi connectivity index (χ4n) is 3.78. The molecule has 1 rings (SSSR count). The summed E-state index contributed by atoms with van der Waals surface area (Å²) in [5.74, 6) is 1.68. The van der Waals surface area contributed by atoms with Crippen LogP contribution in [0.25, 0.3) is 0 Å². The molecule has 0 aromatic heterocycles. The minimum absolute atomic E-state index is 0.00553. The summed E-state index contributed by atoms with van der Waals surface area (Å²) >= 11 is 0. The van der Waals surface area contributed by atoms with E-state index in [0.29, 0.717) is 11.5 Å². The molecule has 0 aromatic carbocycles. The summed E-state index contributed by atoms with van der Waals surface area (Å²) in [5.41, 5.74) is 0.396. The van der Waals surface area contributed by atoms with Gasteiger partial charge in [-0.2, -0.15) is 0 Å². The molecule has 0 heterocycles. The Morgan fingerprint density at radius 1 is 1.10 bits per heavy atom. The normalized spacial score (nSPS) is 27.9. The average Bonchev–Trinajstić information content (AvgIpc) is 2.43. The van der Waals surface area contributed by atoms with Crippen LogP contribution in [0.5, 0.6) is 0 Å². The lowest BCUT2D eigenvalue weighted by Gasteiger charge is -2.45. The van der Waals surface area contributed by atoms with Crippen LogP contribution >= 0.6 is 0 Å². The number of hydrogen-bond acceptors (Lipinski definition) is 2. The zero-order chi connectivity index (χ0) is 16.1. The van der Waals surface area contributed by atoms with Gasteiger partial charge in [-0.15, -0.1) is 0 Å². The average molecular weight is 298 g/mol. The third-order valence-corrected chi connectivity index (χ3v) is 5.70. The Labute approximate surface area is 133 Å². The molecule has 1 saturated carbocycles. The van der Waals surface area contributed by atoms with Crippen LogP contribution in [0.15, 0.2) is 0 Å². The van der Waals surface area contributed by atoms with Gasteiger partial charge in [-0.25, -0.2) is 0 Å². The Bertz CT molecular complexity index is 298. The van der Waals surface area contributed by atoms with Crippen LogP contribution in [-0.2, 0) is 4.74 Å². The van der Waals surface area contributed by atoms with Crippen LogP contribution in [0.4, 0.5) is 0 Å². The Morgan fingerprint density at radius 3 is 2.33 bits per heavy atom. The van der Waals surface area contributed by atoms with E-state index in [-0.39, 0.29) is 5.60 Å². The van der Waals surface area contributed by atoms with E-state index in [2.05, 4.69) is 46.9 Å². The van der Waals surface area contributed by atoms with Crippen molar-refractivity contribution in [3.8, 4) is 0 Å². The van der Waals surface area contributed by atoms with E-state index in [1.807, 2.05) is 7.11 Å². The highest BCUT2D eigenvalue weighted by molar-refractivity contribution is 4.92. The molecule has 0 spiro atoms. The molecule has 126 valence electrons. The van der Waals surface area contributed by atoms with Crippen molar-refractivity contribution in [3.63, 3.8) is 0 Å². The molecular formula is C19H39NO. The van der Waals surface area contributed by atoms with Gasteiger partial charge in [-0.1, -0.05) is 34.1 Å². The van der Waals surface area contributed by atoms with Crippen molar-refractivity contribution in [2.45, 2.75) is 91.7 Å². The molecule has 0 aliphatic heterocycles. The van der Waals surface area contributed by atoms with Gasteiger partial charge >= 0.3 is 0 Å². The molecule has 1 N–H and O–H groups in total. The van der Waals surface area contributed by atoms with Crippen LogP contribution in [-0.4, -0.2) is 25.3 Å². The van der Waals surface area contributed by atoms with E-state index in [1.54, 1.807) is 0 Å². The Kier molecular flexibility index (Phi) is 7.19. The van der Waals surface area contributed by atoms with E-state index in [9.17, 15) is 0 Å². The second-order valence-electron chi connectivity index (χ2n) is 8.54.